The molecular weight excluding hydrogens is 300 g/mol. The Kier molecular flexibility index (Phi) is 5.54. The maximum Gasteiger partial charge on any atom is 0.289 e. The van der Waals surface area contributed by atoms with E-state index in [4.69, 9.17) is 5.26 Å². The highest BCUT2D eigenvalue weighted by molar-refractivity contribution is 5.80. The van der Waals surface area contributed by atoms with Crippen LogP contribution in [0.1, 0.15) is 36.2 Å². The van der Waals surface area contributed by atoms with Gasteiger partial charge in [0.15, 0.2) is 0 Å². The average Bonchev–Trinajstić information content (AvgIpc) is 2.57. The van der Waals surface area contributed by atoms with Crippen LogP contribution in [0.3, 0.4) is 0 Å². The van der Waals surface area contributed by atoms with E-state index < -0.39 is 0 Å². The zero-order valence-corrected chi connectivity index (χ0v) is 14.6. The maximum atomic E-state index is 12.3. The Hall–Kier alpha value is -2.87. The number of hydrogen-bond acceptors (Lipinski definition) is 4. The van der Waals surface area contributed by atoms with Crippen LogP contribution in [-0.4, -0.2) is 24.0 Å². The maximum absolute atomic E-state index is 12.3. The lowest BCUT2D eigenvalue weighted by atomic mass is 10.1. The first kappa shape index (κ1) is 17.5. The first-order valence-electron chi connectivity index (χ1n) is 8.04. The van der Waals surface area contributed by atoms with Crippen LogP contribution >= 0.6 is 0 Å². The summed E-state index contributed by atoms with van der Waals surface area (Å²) in [6.07, 6.45) is 1.64. The van der Waals surface area contributed by atoms with Crippen molar-refractivity contribution < 1.29 is 0 Å². The summed E-state index contributed by atoms with van der Waals surface area (Å²) >= 11 is 0. The SMILES string of the molecule is CCN(CC)c1ccc(C=Nn2c(C)cc(C)c(C#N)c2=O)cc1. The van der Waals surface area contributed by atoms with Crippen molar-refractivity contribution in [2.75, 3.05) is 18.0 Å². The summed E-state index contributed by atoms with van der Waals surface area (Å²) in [7, 11) is 0. The van der Waals surface area contributed by atoms with Gasteiger partial charge in [-0.25, -0.2) is 4.68 Å². The minimum absolute atomic E-state index is 0.134. The van der Waals surface area contributed by atoms with Gasteiger partial charge in [0.25, 0.3) is 5.56 Å². The molecule has 0 bridgehead atoms. The van der Waals surface area contributed by atoms with E-state index >= 15 is 0 Å². The topological polar surface area (TPSA) is 61.4 Å². The Morgan fingerprint density at radius 2 is 1.83 bits per heavy atom. The van der Waals surface area contributed by atoms with Gasteiger partial charge >= 0.3 is 0 Å². The number of hydrogen-bond donors (Lipinski definition) is 0. The molecule has 5 heteroatoms. The molecule has 1 heterocycles. The van der Waals surface area contributed by atoms with Gasteiger partial charge < -0.3 is 4.90 Å². The molecule has 1 aromatic carbocycles. The molecule has 0 atom stereocenters. The van der Waals surface area contributed by atoms with E-state index in [0.717, 1.165) is 24.3 Å². The summed E-state index contributed by atoms with van der Waals surface area (Å²) in [5, 5.41) is 13.4. The minimum Gasteiger partial charge on any atom is -0.372 e. The molecule has 1 aromatic heterocycles. The standard InChI is InChI=1S/C19H22N4O/c1-5-22(6-2)17-9-7-16(8-10-17)13-21-23-15(4)11-14(3)18(12-20)19(23)24/h7-11,13H,5-6H2,1-4H3. The summed E-state index contributed by atoms with van der Waals surface area (Å²) < 4.78 is 1.27. The molecule has 0 N–H and O–H groups in total. The second kappa shape index (κ2) is 7.60. The Morgan fingerprint density at radius 1 is 1.21 bits per heavy atom. The van der Waals surface area contributed by atoms with Crippen LogP contribution in [-0.2, 0) is 0 Å². The fourth-order valence-corrected chi connectivity index (χ4v) is 2.65. The lowest BCUT2D eigenvalue weighted by molar-refractivity contribution is 0.786. The van der Waals surface area contributed by atoms with Gasteiger partial charge in [0.1, 0.15) is 11.6 Å². The third-order valence-electron chi connectivity index (χ3n) is 4.02. The summed E-state index contributed by atoms with van der Waals surface area (Å²) in [5.41, 5.74) is 3.19. The molecule has 0 aliphatic heterocycles. The molecule has 0 saturated heterocycles. The molecule has 0 saturated carbocycles. The van der Waals surface area contributed by atoms with Crippen LogP contribution in [0.25, 0.3) is 0 Å². The zero-order valence-electron chi connectivity index (χ0n) is 14.6. The van der Waals surface area contributed by atoms with E-state index in [9.17, 15) is 4.79 Å². The van der Waals surface area contributed by atoms with Crippen LogP contribution in [0.2, 0.25) is 0 Å². The van der Waals surface area contributed by atoms with E-state index in [-0.39, 0.29) is 11.1 Å². The van der Waals surface area contributed by atoms with Gasteiger partial charge in [0.2, 0.25) is 0 Å². The number of nitriles is 1. The fourth-order valence-electron chi connectivity index (χ4n) is 2.65. The Labute approximate surface area is 142 Å². The van der Waals surface area contributed by atoms with Gasteiger partial charge in [0.05, 0.1) is 6.21 Å². The first-order valence-corrected chi connectivity index (χ1v) is 8.04. The van der Waals surface area contributed by atoms with Crippen molar-refractivity contribution in [3.8, 4) is 6.07 Å². The van der Waals surface area contributed by atoms with Crippen molar-refractivity contribution in [1.82, 2.24) is 4.68 Å². The number of anilines is 1. The molecule has 124 valence electrons. The van der Waals surface area contributed by atoms with Crippen LogP contribution in [0.15, 0.2) is 40.2 Å². The Morgan fingerprint density at radius 3 is 2.38 bits per heavy atom. The summed E-state index contributed by atoms with van der Waals surface area (Å²) in [6, 6.07) is 11.8. The highest BCUT2D eigenvalue weighted by Gasteiger charge is 2.09. The van der Waals surface area contributed by atoms with Crippen molar-refractivity contribution in [3.05, 3.63) is 63.1 Å². The van der Waals surface area contributed by atoms with E-state index in [0.29, 0.717) is 11.3 Å². The van der Waals surface area contributed by atoms with E-state index in [2.05, 4.69) is 23.8 Å². The van der Waals surface area contributed by atoms with Crippen molar-refractivity contribution in [2.24, 2.45) is 5.10 Å². The van der Waals surface area contributed by atoms with Gasteiger partial charge in [0, 0.05) is 24.5 Å². The van der Waals surface area contributed by atoms with Gasteiger partial charge in [-0.05, 0) is 57.0 Å². The molecule has 5 nitrogen and oxygen atoms in total. The molecule has 0 unspecified atom stereocenters. The minimum atomic E-state index is -0.383. The smallest absolute Gasteiger partial charge is 0.289 e. The third kappa shape index (κ3) is 3.54. The number of rotatable bonds is 5. The van der Waals surface area contributed by atoms with Gasteiger partial charge in [-0.2, -0.15) is 10.4 Å². The second-order valence-electron chi connectivity index (χ2n) is 5.58. The Balaban J connectivity index is 2.32. The molecule has 0 aliphatic carbocycles. The lowest BCUT2D eigenvalue weighted by Gasteiger charge is -2.20. The molecule has 24 heavy (non-hydrogen) atoms. The van der Waals surface area contributed by atoms with Crippen LogP contribution in [0.4, 0.5) is 5.69 Å². The predicted octanol–water partition coefficient (Wildman–Crippen LogP) is 3.07. The highest BCUT2D eigenvalue weighted by atomic mass is 16.1. The van der Waals surface area contributed by atoms with Crippen LogP contribution < -0.4 is 10.5 Å². The number of aryl methyl sites for hydroxylation is 2. The second-order valence-corrected chi connectivity index (χ2v) is 5.58. The number of benzene rings is 1. The number of aromatic nitrogens is 1. The van der Waals surface area contributed by atoms with Crippen LogP contribution in [0, 0.1) is 25.2 Å². The monoisotopic (exact) mass is 322 g/mol. The molecule has 0 radical (unpaired) electrons. The first-order chi connectivity index (χ1) is 11.5. The normalized spacial score (nSPS) is 10.8. The molecule has 2 aromatic rings. The molecule has 0 spiro atoms. The third-order valence-corrected chi connectivity index (χ3v) is 4.02. The van der Waals surface area contributed by atoms with Gasteiger partial charge in [-0.1, -0.05) is 12.1 Å². The summed E-state index contributed by atoms with van der Waals surface area (Å²) in [4.78, 5) is 14.6. The van der Waals surface area contributed by atoms with Gasteiger partial charge in [-0.15, -0.1) is 0 Å². The molecule has 0 aliphatic rings. The fraction of sp³-hybridized carbons (Fsp3) is 0.316. The van der Waals surface area contributed by atoms with Crippen molar-refractivity contribution in [2.45, 2.75) is 27.7 Å². The number of pyridine rings is 1. The number of nitrogens with zero attached hydrogens (tertiary/aromatic N) is 4. The summed E-state index contributed by atoms with van der Waals surface area (Å²) in [6.45, 7) is 9.72. The van der Waals surface area contributed by atoms with Crippen LogP contribution in [0.5, 0.6) is 0 Å². The van der Waals surface area contributed by atoms with Crippen molar-refractivity contribution >= 4 is 11.9 Å². The van der Waals surface area contributed by atoms with E-state index in [1.54, 1.807) is 26.1 Å². The Bertz CT molecular complexity index is 837. The van der Waals surface area contributed by atoms with E-state index in [1.807, 2.05) is 30.3 Å². The molecule has 0 fully saturated rings. The lowest BCUT2D eigenvalue weighted by Crippen LogP contribution is -2.22. The average molecular weight is 322 g/mol. The highest BCUT2D eigenvalue weighted by Crippen LogP contribution is 2.14. The summed E-state index contributed by atoms with van der Waals surface area (Å²) in [5.74, 6) is 0. The largest absolute Gasteiger partial charge is 0.372 e. The van der Waals surface area contributed by atoms with Crippen molar-refractivity contribution in [1.29, 1.82) is 5.26 Å². The molecular formula is C19H22N4O. The zero-order chi connectivity index (χ0) is 17.7. The quantitative estimate of drug-likeness (QED) is 0.795. The van der Waals surface area contributed by atoms with Gasteiger partial charge in [-0.3, -0.25) is 4.79 Å². The van der Waals surface area contributed by atoms with E-state index in [1.165, 1.54) is 4.68 Å². The molecule has 2 rings (SSSR count). The molecule has 0 amide bonds. The van der Waals surface area contributed by atoms with Crippen molar-refractivity contribution in [3.63, 3.8) is 0 Å². The predicted molar refractivity (Wildman–Crippen MR) is 97.9 cm³/mol.